The Hall–Kier alpha value is -1.03. The maximum Gasteiger partial charge on any atom is 0.389 e. The molecule has 0 aliphatic rings. The summed E-state index contributed by atoms with van der Waals surface area (Å²) >= 11 is 1.47. The highest BCUT2D eigenvalue weighted by Gasteiger charge is 2.25. The maximum absolute atomic E-state index is 11.8. The van der Waals surface area contributed by atoms with Gasteiger partial charge in [0.1, 0.15) is 0 Å². The Bertz CT molecular complexity index is 417. The standard InChI is InChI=1S/C12H14F3NOS/c13-12(14,15)4-2-6-17-8-11-7-10(9-18-11)3-1-5-16/h7,9H,2,4-6,8,16H2. The first kappa shape index (κ1) is 15.0. The van der Waals surface area contributed by atoms with Crippen LogP contribution >= 0.6 is 11.3 Å². The second-order valence-electron chi connectivity index (χ2n) is 3.58. The van der Waals surface area contributed by atoms with Crippen molar-refractivity contribution in [1.82, 2.24) is 0 Å². The summed E-state index contributed by atoms with van der Waals surface area (Å²) in [6, 6.07) is 1.86. The molecule has 0 saturated heterocycles. The average Bonchev–Trinajstić information content (AvgIpc) is 2.72. The zero-order chi connectivity index (χ0) is 13.4. The minimum Gasteiger partial charge on any atom is -0.376 e. The van der Waals surface area contributed by atoms with Crippen LogP contribution in [0.15, 0.2) is 11.4 Å². The molecule has 1 aromatic rings. The van der Waals surface area contributed by atoms with E-state index in [1.54, 1.807) is 0 Å². The molecule has 1 aromatic heterocycles. The van der Waals surface area contributed by atoms with Crippen molar-refractivity contribution >= 4 is 11.3 Å². The topological polar surface area (TPSA) is 35.2 Å². The third-order valence-corrected chi connectivity index (χ3v) is 2.89. The SMILES string of the molecule is NCC#Cc1csc(COCCCC(F)(F)F)c1. The Kier molecular flexibility index (Phi) is 6.19. The molecule has 0 bridgehead atoms. The first-order chi connectivity index (χ1) is 8.51. The predicted molar refractivity (Wildman–Crippen MR) is 65.2 cm³/mol. The van der Waals surface area contributed by atoms with Gasteiger partial charge in [-0.3, -0.25) is 0 Å². The zero-order valence-electron chi connectivity index (χ0n) is 9.72. The fourth-order valence-corrected chi connectivity index (χ4v) is 1.97. The molecule has 6 heteroatoms. The molecule has 0 aliphatic heterocycles. The monoisotopic (exact) mass is 277 g/mol. The molecule has 100 valence electrons. The van der Waals surface area contributed by atoms with Gasteiger partial charge < -0.3 is 10.5 Å². The third kappa shape index (κ3) is 6.64. The summed E-state index contributed by atoms with van der Waals surface area (Å²) in [6.45, 7) is 0.743. The van der Waals surface area contributed by atoms with Crippen LogP contribution in [-0.4, -0.2) is 19.3 Å². The van der Waals surface area contributed by atoms with Gasteiger partial charge in [0.05, 0.1) is 13.2 Å². The highest BCUT2D eigenvalue weighted by atomic mass is 32.1. The molecular formula is C12H14F3NOS. The van der Waals surface area contributed by atoms with Crippen LogP contribution in [0.4, 0.5) is 13.2 Å². The van der Waals surface area contributed by atoms with Crippen molar-refractivity contribution in [2.75, 3.05) is 13.2 Å². The van der Waals surface area contributed by atoms with Crippen molar-refractivity contribution in [1.29, 1.82) is 0 Å². The molecule has 1 rings (SSSR count). The Morgan fingerprint density at radius 3 is 2.83 bits per heavy atom. The van der Waals surface area contributed by atoms with Crippen LogP contribution in [0, 0.1) is 11.8 Å². The normalized spacial score (nSPS) is 11.1. The van der Waals surface area contributed by atoms with Gasteiger partial charge in [-0.2, -0.15) is 13.2 Å². The van der Waals surface area contributed by atoms with E-state index < -0.39 is 12.6 Å². The van der Waals surface area contributed by atoms with Gasteiger partial charge in [0, 0.05) is 28.8 Å². The minimum absolute atomic E-state index is 0.00525. The van der Waals surface area contributed by atoms with E-state index >= 15 is 0 Å². The lowest BCUT2D eigenvalue weighted by atomic mass is 10.3. The minimum atomic E-state index is -4.10. The number of hydrogen-bond acceptors (Lipinski definition) is 3. The highest BCUT2D eigenvalue weighted by molar-refractivity contribution is 7.10. The molecule has 0 unspecified atom stereocenters. The van der Waals surface area contributed by atoms with Gasteiger partial charge in [-0.25, -0.2) is 0 Å². The molecule has 0 fully saturated rings. The molecule has 0 aliphatic carbocycles. The van der Waals surface area contributed by atoms with E-state index in [1.807, 2.05) is 11.4 Å². The number of hydrogen-bond donors (Lipinski definition) is 1. The summed E-state index contributed by atoms with van der Waals surface area (Å²) < 4.78 is 40.7. The second-order valence-corrected chi connectivity index (χ2v) is 4.57. The molecular weight excluding hydrogens is 263 g/mol. The smallest absolute Gasteiger partial charge is 0.376 e. The van der Waals surface area contributed by atoms with E-state index in [9.17, 15) is 13.2 Å². The number of rotatable bonds is 5. The molecule has 18 heavy (non-hydrogen) atoms. The van der Waals surface area contributed by atoms with Crippen LogP contribution in [0.1, 0.15) is 23.3 Å². The lowest BCUT2D eigenvalue weighted by Crippen LogP contribution is -2.08. The number of nitrogens with two attached hydrogens (primary N) is 1. The third-order valence-electron chi connectivity index (χ3n) is 1.98. The van der Waals surface area contributed by atoms with Crippen LogP contribution in [-0.2, 0) is 11.3 Å². The van der Waals surface area contributed by atoms with Crippen LogP contribution in [0.5, 0.6) is 0 Å². The van der Waals surface area contributed by atoms with Gasteiger partial charge in [-0.1, -0.05) is 11.8 Å². The molecule has 0 radical (unpaired) electrons. The Labute approximate surface area is 108 Å². The second kappa shape index (κ2) is 7.41. The molecule has 0 saturated carbocycles. The van der Waals surface area contributed by atoms with Crippen LogP contribution in [0.2, 0.25) is 0 Å². The molecule has 0 aromatic carbocycles. The summed E-state index contributed by atoms with van der Waals surface area (Å²) in [6.07, 6.45) is -4.91. The van der Waals surface area contributed by atoms with E-state index in [-0.39, 0.29) is 13.0 Å². The maximum atomic E-state index is 11.8. The van der Waals surface area contributed by atoms with Gasteiger partial charge in [-0.15, -0.1) is 11.3 Å². The number of thiophene rings is 1. The number of halogens is 3. The predicted octanol–water partition coefficient (Wildman–Crippen LogP) is 2.92. The summed E-state index contributed by atoms with van der Waals surface area (Å²) in [4.78, 5) is 0.948. The van der Waals surface area contributed by atoms with E-state index in [0.717, 1.165) is 10.4 Å². The molecule has 0 atom stereocenters. The first-order valence-corrected chi connectivity index (χ1v) is 6.30. The highest BCUT2D eigenvalue weighted by Crippen LogP contribution is 2.21. The average molecular weight is 277 g/mol. The van der Waals surface area contributed by atoms with E-state index in [0.29, 0.717) is 13.2 Å². The Morgan fingerprint density at radius 1 is 1.39 bits per heavy atom. The molecule has 1 heterocycles. The van der Waals surface area contributed by atoms with Crippen molar-refractivity contribution in [3.8, 4) is 11.8 Å². The lowest BCUT2D eigenvalue weighted by Gasteiger charge is -2.05. The lowest BCUT2D eigenvalue weighted by molar-refractivity contribution is -0.138. The summed E-state index contributed by atoms with van der Waals surface area (Å²) in [5, 5.41) is 1.87. The van der Waals surface area contributed by atoms with Gasteiger partial charge in [0.15, 0.2) is 0 Å². The van der Waals surface area contributed by atoms with E-state index in [2.05, 4.69) is 11.8 Å². The zero-order valence-corrected chi connectivity index (χ0v) is 10.5. The van der Waals surface area contributed by atoms with Crippen LogP contribution in [0.25, 0.3) is 0 Å². The van der Waals surface area contributed by atoms with Crippen molar-refractivity contribution in [2.24, 2.45) is 5.73 Å². The quantitative estimate of drug-likeness (QED) is 0.663. The summed E-state index contributed by atoms with van der Waals surface area (Å²) in [5.74, 6) is 5.61. The molecule has 0 amide bonds. The van der Waals surface area contributed by atoms with Gasteiger partial charge in [0.25, 0.3) is 0 Å². The molecule has 2 nitrogen and oxygen atoms in total. The van der Waals surface area contributed by atoms with Gasteiger partial charge in [0.2, 0.25) is 0 Å². The van der Waals surface area contributed by atoms with Crippen LogP contribution < -0.4 is 5.73 Å². The van der Waals surface area contributed by atoms with E-state index in [1.165, 1.54) is 11.3 Å². The fraction of sp³-hybridized carbons (Fsp3) is 0.500. The van der Waals surface area contributed by atoms with Crippen molar-refractivity contribution in [3.63, 3.8) is 0 Å². The van der Waals surface area contributed by atoms with Crippen LogP contribution in [0.3, 0.4) is 0 Å². The Balaban J connectivity index is 2.21. The van der Waals surface area contributed by atoms with Gasteiger partial charge >= 0.3 is 6.18 Å². The van der Waals surface area contributed by atoms with Crippen molar-refractivity contribution in [2.45, 2.75) is 25.6 Å². The molecule has 2 N–H and O–H groups in total. The van der Waals surface area contributed by atoms with E-state index in [4.69, 9.17) is 10.5 Å². The molecule has 0 spiro atoms. The Morgan fingerprint density at radius 2 is 2.17 bits per heavy atom. The fourth-order valence-electron chi connectivity index (χ4n) is 1.22. The van der Waals surface area contributed by atoms with Crippen molar-refractivity contribution in [3.05, 3.63) is 21.9 Å². The van der Waals surface area contributed by atoms with Crippen molar-refractivity contribution < 1.29 is 17.9 Å². The van der Waals surface area contributed by atoms with Gasteiger partial charge in [-0.05, 0) is 12.5 Å². The largest absolute Gasteiger partial charge is 0.389 e. The summed E-state index contributed by atoms with van der Waals surface area (Å²) in [7, 11) is 0. The summed E-state index contributed by atoms with van der Waals surface area (Å²) in [5.41, 5.74) is 6.11. The number of ether oxygens (including phenoxy) is 1. The first-order valence-electron chi connectivity index (χ1n) is 5.42. The number of alkyl halides is 3.